The van der Waals surface area contributed by atoms with Crippen LogP contribution in [0, 0.1) is 0 Å². The van der Waals surface area contributed by atoms with Crippen LogP contribution in [-0.4, -0.2) is 90.0 Å². The molecule has 0 N–H and O–H groups in total. The van der Waals surface area contributed by atoms with Gasteiger partial charge in [0.1, 0.15) is 6.29 Å². The van der Waals surface area contributed by atoms with Gasteiger partial charge in [0.15, 0.2) is 0 Å². The van der Waals surface area contributed by atoms with Crippen LogP contribution >= 0.6 is 0 Å². The molecule has 3 amide bonds. The van der Waals surface area contributed by atoms with Crippen molar-refractivity contribution in [3.8, 4) is 11.3 Å². The smallest absolute Gasteiger partial charge is 0.320 e. The third-order valence-electron chi connectivity index (χ3n) is 9.55. The monoisotopic (exact) mass is 566 g/mol. The molecule has 4 heterocycles. The third kappa shape index (κ3) is 4.81. The Morgan fingerprint density at radius 3 is 2.31 bits per heavy atom. The van der Waals surface area contributed by atoms with Gasteiger partial charge in [-0.15, -0.1) is 0 Å². The summed E-state index contributed by atoms with van der Waals surface area (Å²) in [7, 11) is 0. The highest BCUT2D eigenvalue weighted by molar-refractivity contribution is 6.03. The molecule has 0 radical (unpaired) electrons. The summed E-state index contributed by atoms with van der Waals surface area (Å²) in [5, 5.41) is 1.20. The summed E-state index contributed by atoms with van der Waals surface area (Å²) in [5.74, 6) is 0.478. The van der Waals surface area contributed by atoms with E-state index >= 15 is 0 Å². The van der Waals surface area contributed by atoms with Gasteiger partial charge in [-0.05, 0) is 42.0 Å². The number of amides is 3. The van der Waals surface area contributed by atoms with Crippen molar-refractivity contribution < 1.29 is 19.1 Å². The number of nitrogens with zero attached hydrogens (tertiary/aromatic N) is 4. The maximum absolute atomic E-state index is 14.1. The standard InChI is InChI=1S/C34H38N4O4/c39-23-24-10-11-29-30(20-24)38-22-27(33(40)35-12-14-36(15-13-35)34(41)37-16-18-42-19-17-37)21-26-8-4-5-9-28(26)32(38)31(29)25-6-2-1-3-7-25/h4-5,8-11,20-21,23,25H,1-3,6-7,12-19,22H2. The summed E-state index contributed by atoms with van der Waals surface area (Å²) >= 11 is 0. The number of rotatable bonds is 3. The summed E-state index contributed by atoms with van der Waals surface area (Å²) in [6, 6.07) is 14.5. The molecule has 7 rings (SSSR count). The maximum Gasteiger partial charge on any atom is 0.320 e. The van der Waals surface area contributed by atoms with Gasteiger partial charge in [0.05, 0.1) is 25.5 Å². The van der Waals surface area contributed by atoms with Crippen LogP contribution in [0.1, 0.15) is 59.5 Å². The lowest BCUT2D eigenvalue weighted by molar-refractivity contribution is -0.128. The van der Waals surface area contributed by atoms with Gasteiger partial charge in [-0.25, -0.2) is 4.79 Å². The number of hydrogen-bond acceptors (Lipinski definition) is 4. The normalized spacial score (nSPS) is 19.6. The number of morpholine rings is 1. The van der Waals surface area contributed by atoms with Crippen molar-refractivity contribution in [2.75, 3.05) is 52.5 Å². The van der Waals surface area contributed by atoms with Crippen molar-refractivity contribution in [1.82, 2.24) is 19.3 Å². The predicted molar refractivity (Wildman–Crippen MR) is 163 cm³/mol. The lowest BCUT2D eigenvalue weighted by atomic mass is 9.81. The van der Waals surface area contributed by atoms with E-state index in [-0.39, 0.29) is 11.9 Å². The number of ether oxygens (including phenoxy) is 1. The fraction of sp³-hybridized carbons (Fsp3) is 0.441. The van der Waals surface area contributed by atoms with E-state index in [0.29, 0.717) is 70.5 Å². The van der Waals surface area contributed by atoms with E-state index in [1.807, 2.05) is 32.9 Å². The van der Waals surface area contributed by atoms with Crippen LogP contribution in [0.3, 0.4) is 0 Å². The molecule has 8 heteroatoms. The number of benzene rings is 2. The summed E-state index contributed by atoms with van der Waals surface area (Å²) in [4.78, 5) is 44.6. The van der Waals surface area contributed by atoms with Crippen LogP contribution in [0.15, 0.2) is 48.0 Å². The van der Waals surface area contributed by atoms with E-state index in [2.05, 4.69) is 34.9 Å². The second-order valence-electron chi connectivity index (χ2n) is 12.0. The van der Waals surface area contributed by atoms with E-state index in [0.717, 1.165) is 41.3 Å². The van der Waals surface area contributed by atoms with Crippen LogP contribution < -0.4 is 0 Å². The molecule has 1 aliphatic carbocycles. The van der Waals surface area contributed by atoms with Gasteiger partial charge in [-0.2, -0.15) is 0 Å². The van der Waals surface area contributed by atoms with E-state index in [9.17, 15) is 14.4 Å². The number of carbonyl (C=O) groups is 3. The molecule has 218 valence electrons. The Labute approximate surface area is 246 Å². The minimum atomic E-state index is 0.0173. The fourth-order valence-electron chi connectivity index (χ4n) is 7.36. The Morgan fingerprint density at radius 1 is 0.833 bits per heavy atom. The molecule has 8 nitrogen and oxygen atoms in total. The van der Waals surface area contributed by atoms with Gasteiger partial charge >= 0.3 is 6.03 Å². The zero-order chi connectivity index (χ0) is 28.6. The van der Waals surface area contributed by atoms with Crippen LogP contribution in [0.2, 0.25) is 0 Å². The van der Waals surface area contributed by atoms with Crippen LogP contribution in [0.5, 0.6) is 0 Å². The van der Waals surface area contributed by atoms with Crippen molar-refractivity contribution in [3.05, 3.63) is 64.7 Å². The minimum Gasteiger partial charge on any atom is -0.378 e. The molecule has 3 aliphatic heterocycles. The van der Waals surface area contributed by atoms with Gasteiger partial charge in [-0.1, -0.05) is 55.7 Å². The molecule has 1 aromatic heterocycles. The molecular weight excluding hydrogens is 528 g/mol. The van der Waals surface area contributed by atoms with E-state index < -0.39 is 0 Å². The number of hydrogen-bond donors (Lipinski definition) is 0. The van der Waals surface area contributed by atoms with Crippen molar-refractivity contribution in [2.45, 2.75) is 44.6 Å². The lowest BCUT2D eigenvalue weighted by Crippen LogP contribution is -2.55. The highest BCUT2D eigenvalue weighted by Gasteiger charge is 2.33. The van der Waals surface area contributed by atoms with Crippen LogP contribution in [0.25, 0.3) is 28.2 Å². The first-order valence-electron chi connectivity index (χ1n) is 15.4. The molecule has 0 unspecified atom stereocenters. The summed E-state index contributed by atoms with van der Waals surface area (Å²) in [6.45, 7) is 4.90. The lowest BCUT2D eigenvalue weighted by Gasteiger charge is -2.38. The van der Waals surface area contributed by atoms with Gasteiger partial charge in [0.25, 0.3) is 5.91 Å². The molecule has 0 spiro atoms. The minimum absolute atomic E-state index is 0.0173. The number of aldehydes is 1. The van der Waals surface area contributed by atoms with Crippen molar-refractivity contribution >= 4 is 35.2 Å². The van der Waals surface area contributed by atoms with Crippen LogP contribution in [-0.2, 0) is 16.1 Å². The summed E-state index contributed by atoms with van der Waals surface area (Å²) < 4.78 is 7.69. The quantitative estimate of drug-likeness (QED) is 0.411. The number of piperazine rings is 1. The molecule has 3 aromatic rings. The first kappa shape index (κ1) is 27.0. The molecular formula is C34H38N4O4. The molecule has 3 fully saturated rings. The number of urea groups is 1. The predicted octanol–water partition coefficient (Wildman–Crippen LogP) is 5.16. The SMILES string of the molecule is O=Cc1ccc2c(C3CCCCC3)c3n(c2c1)CC(C(=O)N1CCN(C(=O)N2CCOCC2)CC1)=Cc1ccccc1-3. The fourth-order valence-corrected chi connectivity index (χ4v) is 7.36. The Kier molecular flexibility index (Phi) is 7.32. The molecule has 0 bridgehead atoms. The Morgan fingerprint density at radius 2 is 1.55 bits per heavy atom. The Balaban J connectivity index is 1.23. The highest BCUT2D eigenvalue weighted by Crippen LogP contribution is 2.46. The number of fused-ring (bicyclic) bond motifs is 5. The number of carbonyl (C=O) groups excluding carboxylic acids is 3. The first-order valence-corrected chi connectivity index (χ1v) is 15.4. The van der Waals surface area contributed by atoms with E-state index in [1.54, 1.807) is 0 Å². The van der Waals surface area contributed by atoms with Gasteiger partial charge in [0, 0.05) is 66.9 Å². The second-order valence-corrected chi connectivity index (χ2v) is 12.0. The Hall–Kier alpha value is -3.91. The van der Waals surface area contributed by atoms with E-state index in [4.69, 9.17) is 4.74 Å². The molecule has 0 atom stereocenters. The topological polar surface area (TPSA) is 75.1 Å². The second kappa shape index (κ2) is 11.4. The number of aromatic nitrogens is 1. The van der Waals surface area contributed by atoms with Crippen molar-refractivity contribution in [2.24, 2.45) is 0 Å². The summed E-state index contributed by atoms with van der Waals surface area (Å²) in [6.07, 6.45) is 9.04. The highest BCUT2D eigenvalue weighted by atomic mass is 16.5. The van der Waals surface area contributed by atoms with Gasteiger partial charge in [-0.3, -0.25) is 9.59 Å². The zero-order valence-electron chi connectivity index (χ0n) is 24.1. The molecule has 2 aromatic carbocycles. The average Bonchev–Trinajstić information content (AvgIpc) is 3.27. The molecule has 4 aliphatic rings. The van der Waals surface area contributed by atoms with Gasteiger partial charge < -0.3 is 24.0 Å². The average molecular weight is 567 g/mol. The largest absolute Gasteiger partial charge is 0.378 e. The van der Waals surface area contributed by atoms with Gasteiger partial charge in [0.2, 0.25) is 0 Å². The maximum atomic E-state index is 14.1. The molecule has 2 saturated heterocycles. The molecule has 1 saturated carbocycles. The summed E-state index contributed by atoms with van der Waals surface area (Å²) in [5.41, 5.74) is 7.15. The Bertz CT molecular complexity index is 1550. The van der Waals surface area contributed by atoms with Crippen LogP contribution in [0.4, 0.5) is 4.79 Å². The van der Waals surface area contributed by atoms with Crippen molar-refractivity contribution in [1.29, 1.82) is 0 Å². The molecule has 42 heavy (non-hydrogen) atoms. The van der Waals surface area contributed by atoms with E-state index in [1.165, 1.54) is 35.9 Å². The third-order valence-corrected chi connectivity index (χ3v) is 9.55. The van der Waals surface area contributed by atoms with Crippen molar-refractivity contribution in [3.63, 3.8) is 0 Å². The first-order chi connectivity index (χ1) is 20.6. The zero-order valence-corrected chi connectivity index (χ0v) is 24.1.